The predicted octanol–water partition coefficient (Wildman–Crippen LogP) is 2.09. The smallest absolute Gasteiger partial charge is 0.337 e. The maximum Gasteiger partial charge on any atom is 0.337 e. The molecule has 0 aliphatic carbocycles. The van der Waals surface area contributed by atoms with Gasteiger partial charge in [0.1, 0.15) is 6.54 Å². The molecule has 28 heavy (non-hydrogen) atoms. The van der Waals surface area contributed by atoms with Gasteiger partial charge < -0.3 is 18.6 Å². The molecule has 0 aliphatic heterocycles. The molecule has 0 bridgehead atoms. The Hall–Kier alpha value is -3.27. The highest BCUT2D eigenvalue weighted by Gasteiger charge is 2.16. The number of hydrogen-bond donors (Lipinski definition) is 0. The van der Waals surface area contributed by atoms with E-state index < -0.39 is 17.8 Å². The number of rotatable bonds is 5. The van der Waals surface area contributed by atoms with Crippen LogP contribution < -0.4 is 4.80 Å². The average Bonchev–Trinajstić information content (AvgIpc) is 3.25. The minimum atomic E-state index is -0.627. The van der Waals surface area contributed by atoms with Crippen molar-refractivity contribution in [2.24, 2.45) is 4.99 Å². The van der Waals surface area contributed by atoms with Gasteiger partial charge in [0.25, 0.3) is 0 Å². The van der Waals surface area contributed by atoms with Crippen molar-refractivity contribution in [3.63, 3.8) is 0 Å². The normalized spacial score (nSPS) is 11.6. The summed E-state index contributed by atoms with van der Waals surface area (Å²) in [6.07, 6.45) is 0. The second-order valence-electron chi connectivity index (χ2n) is 5.70. The second-order valence-corrected chi connectivity index (χ2v) is 6.71. The van der Waals surface area contributed by atoms with Crippen LogP contribution in [0.4, 0.5) is 0 Å². The summed E-state index contributed by atoms with van der Waals surface area (Å²) in [4.78, 5) is 40.5. The minimum Gasteiger partial charge on any atom is -0.465 e. The van der Waals surface area contributed by atoms with E-state index in [1.165, 1.54) is 13.2 Å². The molecule has 0 spiro atoms. The van der Waals surface area contributed by atoms with Crippen LogP contribution in [-0.2, 0) is 20.8 Å². The number of carbonyl (C=O) groups is 3. The van der Waals surface area contributed by atoms with Crippen molar-refractivity contribution >= 4 is 39.4 Å². The van der Waals surface area contributed by atoms with Gasteiger partial charge in [-0.1, -0.05) is 16.5 Å². The van der Waals surface area contributed by atoms with Crippen LogP contribution in [0.1, 0.15) is 33.5 Å². The molecule has 2 aromatic heterocycles. The number of ether oxygens (including phenoxy) is 2. The van der Waals surface area contributed by atoms with Gasteiger partial charge in [-0.2, -0.15) is 4.99 Å². The molecule has 0 radical (unpaired) electrons. The van der Waals surface area contributed by atoms with Crippen LogP contribution in [0.2, 0.25) is 0 Å². The Morgan fingerprint density at radius 1 is 1.29 bits per heavy atom. The maximum atomic E-state index is 12.4. The van der Waals surface area contributed by atoms with E-state index in [-0.39, 0.29) is 23.7 Å². The first kappa shape index (κ1) is 19.5. The third-order valence-corrected chi connectivity index (χ3v) is 4.77. The predicted molar refractivity (Wildman–Crippen MR) is 98.9 cm³/mol. The molecule has 2 heterocycles. The van der Waals surface area contributed by atoms with Crippen LogP contribution in [0.25, 0.3) is 10.2 Å². The summed E-state index contributed by atoms with van der Waals surface area (Å²) < 4.78 is 16.9. The van der Waals surface area contributed by atoms with Crippen LogP contribution in [-0.4, -0.2) is 41.3 Å². The van der Waals surface area contributed by atoms with E-state index in [0.29, 0.717) is 21.5 Å². The third-order valence-electron chi connectivity index (χ3n) is 3.73. The standard InChI is InChI=1S/C18H17N3O6S/c1-4-26-15(22)9-21-12-6-5-11(17(24)25-3)8-14(12)28-18(21)19-16(23)13-7-10(2)20-27-13/h5-8H,4,9H2,1-3H3. The largest absolute Gasteiger partial charge is 0.465 e. The Morgan fingerprint density at radius 2 is 2.07 bits per heavy atom. The SMILES string of the molecule is CCOC(=O)Cn1c(=NC(=O)c2cc(C)no2)sc2cc(C(=O)OC)ccc21. The van der Waals surface area contributed by atoms with Crippen molar-refractivity contribution in [3.8, 4) is 0 Å². The van der Waals surface area contributed by atoms with Crippen molar-refractivity contribution in [1.29, 1.82) is 0 Å². The molecule has 10 heteroatoms. The number of aryl methyl sites for hydroxylation is 1. The average molecular weight is 403 g/mol. The van der Waals surface area contributed by atoms with Gasteiger partial charge in [0, 0.05) is 6.07 Å². The lowest BCUT2D eigenvalue weighted by molar-refractivity contribution is -0.143. The molecular weight excluding hydrogens is 386 g/mol. The number of esters is 2. The molecule has 1 amide bonds. The fourth-order valence-corrected chi connectivity index (χ4v) is 3.57. The Kier molecular flexibility index (Phi) is 5.69. The lowest BCUT2D eigenvalue weighted by Crippen LogP contribution is -2.23. The van der Waals surface area contributed by atoms with Gasteiger partial charge in [-0.25, -0.2) is 4.79 Å². The van der Waals surface area contributed by atoms with E-state index in [1.54, 1.807) is 36.6 Å². The highest BCUT2D eigenvalue weighted by atomic mass is 32.1. The number of thiazole rings is 1. The zero-order chi connectivity index (χ0) is 20.3. The van der Waals surface area contributed by atoms with Crippen molar-refractivity contribution in [1.82, 2.24) is 9.72 Å². The van der Waals surface area contributed by atoms with Gasteiger partial charge in [0.2, 0.25) is 5.76 Å². The summed E-state index contributed by atoms with van der Waals surface area (Å²) in [5, 5.41) is 3.67. The zero-order valence-electron chi connectivity index (χ0n) is 15.4. The highest BCUT2D eigenvalue weighted by Crippen LogP contribution is 2.20. The molecule has 0 saturated carbocycles. The summed E-state index contributed by atoms with van der Waals surface area (Å²) in [7, 11) is 1.29. The Balaban J connectivity index is 2.12. The highest BCUT2D eigenvalue weighted by molar-refractivity contribution is 7.16. The maximum absolute atomic E-state index is 12.4. The van der Waals surface area contributed by atoms with Crippen LogP contribution >= 0.6 is 11.3 Å². The molecular formula is C18H17N3O6S. The van der Waals surface area contributed by atoms with E-state index in [4.69, 9.17) is 14.0 Å². The zero-order valence-corrected chi connectivity index (χ0v) is 16.2. The Bertz CT molecular complexity index is 1120. The van der Waals surface area contributed by atoms with Crippen LogP contribution in [0.3, 0.4) is 0 Å². The van der Waals surface area contributed by atoms with Crippen LogP contribution in [0.15, 0.2) is 33.8 Å². The van der Waals surface area contributed by atoms with E-state index in [2.05, 4.69) is 10.1 Å². The minimum absolute atomic E-state index is 0.00658. The number of methoxy groups -OCH3 is 1. The van der Waals surface area contributed by atoms with Gasteiger partial charge in [-0.15, -0.1) is 0 Å². The fraction of sp³-hybridized carbons (Fsp3) is 0.278. The van der Waals surface area contributed by atoms with Crippen molar-refractivity contribution in [3.05, 3.63) is 46.1 Å². The molecule has 0 atom stereocenters. The van der Waals surface area contributed by atoms with Gasteiger partial charge in [-0.3, -0.25) is 9.59 Å². The van der Waals surface area contributed by atoms with E-state index >= 15 is 0 Å². The summed E-state index contributed by atoms with van der Waals surface area (Å²) in [5.74, 6) is -1.59. The molecule has 0 fully saturated rings. The quantitative estimate of drug-likeness (QED) is 0.599. The number of fused-ring (bicyclic) bond motifs is 1. The topological polar surface area (TPSA) is 113 Å². The van der Waals surface area contributed by atoms with Crippen LogP contribution in [0, 0.1) is 6.92 Å². The van der Waals surface area contributed by atoms with Crippen LogP contribution in [0.5, 0.6) is 0 Å². The molecule has 3 rings (SSSR count). The summed E-state index contributed by atoms with van der Waals surface area (Å²) in [6.45, 7) is 3.50. The van der Waals surface area contributed by atoms with Crippen molar-refractivity contribution in [2.75, 3.05) is 13.7 Å². The lowest BCUT2D eigenvalue weighted by atomic mass is 10.2. The molecule has 3 aromatic rings. The molecule has 0 unspecified atom stereocenters. The number of hydrogen-bond acceptors (Lipinski definition) is 8. The second kappa shape index (κ2) is 8.17. The summed E-state index contributed by atoms with van der Waals surface area (Å²) in [5.41, 5.74) is 1.53. The number of carbonyl (C=O) groups excluding carboxylic acids is 3. The van der Waals surface area contributed by atoms with Gasteiger partial charge >= 0.3 is 17.8 Å². The first-order valence-corrected chi connectivity index (χ1v) is 9.14. The van der Waals surface area contributed by atoms with Crippen molar-refractivity contribution in [2.45, 2.75) is 20.4 Å². The molecule has 0 N–H and O–H groups in total. The van der Waals surface area contributed by atoms with Gasteiger partial charge in [-0.05, 0) is 32.0 Å². The molecule has 0 saturated heterocycles. The molecule has 1 aromatic carbocycles. The van der Waals surface area contributed by atoms with E-state index in [0.717, 1.165) is 11.3 Å². The lowest BCUT2D eigenvalue weighted by Gasteiger charge is -2.05. The van der Waals surface area contributed by atoms with Gasteiger partial charge in [0.15, 0.2) is 4.80 Å². The first-order valence-electron chi connectivity index (χ1n) is 8.32. The number of nitrogens with zero attached hydrogens (tertiary/aromatic N) is 3. The molecule has 9 nitrogen and oxygen atoms in total. The van der Waals surface area contributed by atoms with E-state index in [9.17, 15) is 14.4 Å². The number of amides is 1. The number of aromatic nitrogens is 2. The van der Waals surface area contributed by atoms with E-state index in [1.807, 2.05) is 0 Å². The first-order chi connectivity index (χ1) is 13.4. The fourth-order valence-electron chi connectivity index (χ4n) is 2.50. The number of benzene rings is 1. The molecule has 146 valence electrons. The van der Waals surface area contributed by atoms with Crippen molar-refractivity contribution < 1.29 is 28.4 Å². The summed E-state index contributed by atoms with van der Waals surface area (Å²) in [6, 6.07) is 6.34. The monoisotopic (exact) mass is 403 g/mol. The Morgan fingerprint density at radius 3 is 2.71 bits per heavy atom. The third kappa shape index (κ3) is 4.01. The Labute approximate surface area is 163 Å². The summed E-state index contributed by atoms with van der Waals surface area (Å²) >= 11 is 1.15. The molecule has 0 aliphatic rings. The van der Waals surface area contributed by atoms with Gasteiger partial charge in [0.05, 0.1) is 35.2 Å².